The summed E-state index contributed by atoms with van der Waals surface area (Å²) in [4.78, 5) is 15.9. The van der Waals surface area contributed by atoms with E-state index in [-0.39, 0.29) is 22.1 Å². The summed E-state index contributed by atoms with van der Waals surface area (Å²) in [5.41, 5.74) is -0.517. The highest BCUT2D eigenvalue weighted by Gasteiger charge is 2.16. The van der Waals surface area contributed by atoms with E-state index in [2.05, 4.69) is 4.98 Å². The highest BCUT2D eigenvalue weighted by Crippen LogP contribution is 2.27. The summed E-state index contributed by atoms with van der Waals surface area (Å²) in [5, 5.41) is 20.0. The Morgan fingerprint density at radius 2 is 2.10 bits per heavy atom. The summed E-state index contributed by atoms with van der Waals surface area (Å²) in [6, 6.07) is 12.0. The van der Waals surface area contributed by atoms with Crippen LogP contribution < -0.4 is 5.56 Å². The van der Waals surface area contributed by atoms with Gasteiger partial charge in [-0.3, -0.25) is 4.79 Å². The Morgan fingerprint density at radius 1 is 1.29 bits per heavy atom. The Morgan fingerprint density at radius 3 is 2.81 bits per heavy atom. The lowest BCUT2D eigenvalue weighted by molar-refractivity contribution is 0.461. The SMILES string of the molecule is N#CC(=C(O)c1ccco1)c1nc(=O)c2ccccc2s1. The van der Waals surface area contributed by atoms with Crippen molar-refractivity contribution in [3.63, 3.8) is 0 Å². The number of nitriles is 1. The molecule has 5 nitrogen and oxygen atoms in total. The van der Waals surface area contributed by atoms with Crippen LogP contribution in [0.25, 0.3) is 21.4 Å². The van der Waals surface area contributed by atoms with Crippen LogP contribution in [0.5, 0.6) is 0 Å². The van der Waals surface area contributed by atoms with Crippen LogP contribution in [0, 0.1) is 11.3 Å². The predicted molar refractivity (Wildman–Crippen MR) is 79.7 cm³/mol. The first kappa shape index (κ1) is 13.1. The van der Waals surface area contributed by atoms with Gasteiger partial charge in [0.25, 0.3) is 5.56 Å². The third-order valence-electron chi connectivity index (χ3n) is 2.84. The van der Waals surface area contributed by atoms with Crippen molar-refractivity contribution in [1.29, 1.82) is 5.26 Å². The van der Waals surface area contributed by atoms with Gasteiger partial charge in [0.05, 0.1) is 11.6 Å². The van der Waals surface area contributed by atoms with Crippen LogP contribution in [0.2, 0.25) is 0 Å². The van der Waals surface area contributed by atoms with Gasteiger partial charge in [-0.1, -0.05) is 12.1 Å². The molecule has 0 saturated heterocycles. The maximum Gasteiger partial charge on any atom is 0.279 e. The van der Waals surface area contributed by atoms with Gasteiger partial charge >= 0.3 is 0 Å². The van der Waals surface area contributed by atoms with Gasteiger partial charge in [0.2, 0.25) is 0 Å². The highest BCUT2D eigenvalue weighted by molar-refractivity contribution is 7.19. The van der Waals surface area contributed by atoms with Crippen molar-refractivity contribution in [3.8, 4) is 6.07 Å². The van der Waals surface area contributed by atoms with E-state index in [1.807, 2.05) is 6.07 Å². The van der Waals surface area contributed by atoms with E-state index in [1.54, 1.807) is 30.3 Å². The third kappa shape index (κ3) is 2.30. The summed E-state index contributed by atoms with van der Waals surface area (Å²) >= 11 is 1.17. The molecule has 2 aromatic heterocycles. The fourth-order valence-corrected chi connectivity index (χ4v) is 2.85. The number of nitrogens with zero attached hydrogens (tertiary/aromatic N) is 2. The van der Waals surface area contributed by atoms with Gasteiger partial charge in [0, 0.05) is 4.70 Å². The summed E-state index contributed by atoms with van der Waals surface area (Å²) in [6.45, 7) is 0. The number of hydrogen-bond donors (Lipinski definition) is 1. The molecular formula is C15H8N2O3S. The quantitative estimate of drug-likeness (QED) is 0.579. The van der Waals surface area contributed by atoms with Crippen molar-refractivity contribution < 1.29 is 9.52 Å². The molecule has 0 amide bonds. The van der Waals surface area contributed by atoms with Gasteiger partial charge in [-0.15, -0.1) is 11.3 Å². The smallest absolute Gasteiger partial charge is 0.279 e. The third-order valence-corrected chi connectivity index (χ3v) is 3.91. The van der Waals surface area contributed by atoms with Gasteiger partial charge in [-0.05, 0) is 24.3 Å². The summed E-state index contributed by atoms with van der Waals surface area (Å²) in [7, 11) is 0. The minimum Gasteiger partial charge on any atom is -0.503 e. The molecule has 0 saturated carbocycles. The van der Waals surface area contributed by atoms with Gasteiger partial charge in [-0.2, -0.15) is 10.2 Å². The number of fused-ring (bicyclic) bond motifs is 1. The van der Waals surface area contributed by atoms with E-state index in [9.17, 15) is 15.2 Å². The molecule has 0 aliphatic carbocycles. The molecule has 0 spiro atoms. The first-order valence-electron chi connectivity index (χ1n) is 5.98. The Balaban J connectivity index is 2.26. The number of benzene rings is 1. The minimum atomic E-state index is -0.431. The molecule has 102 valence electrons. The number of aliphatic hydroxyl groups excluding tert-OH is 1. The van der Waals surface area contributed by atoms with Crippen molar-refractivity contribution in [2.75, 3.05) is 0 Å². The molecule has 0 aliphatic heterocycles. The van der Waals surface area contributed by atoms with E-state index < -0.39 is 5.56 Å². The largest absolute Gasteiger partial charge is 0.503 e. The average Bonchev–Trinajstić information content (AvgIpc) is 3.02. The van der Waals surface area contributed by atoms with E-state index in [0.717, 1.165) is 0 Å². The van der Waals surface area contributed by atoms with Crippen LogP contribution in [0.4, 0.5) is 0 Å². The number of aliphatic hydroxyl groups is 1. The van der Waals surface area contributed by atoms with Gasteiger partial charge in [-0.25, -0.2) is 0 Å². The number of hydrogen-bond acceptors (Lipinski definition) is 6. The van der Waals surface area contributed by atoms with Crippen LogP contribution in [0.15, 0.2) is 51.9 Å². The molecule has 3 rings (SSSR count). The van der Waals surface area contributed by atoms with Gasteiger partial charge in [0.1, 0.15) is 16.6 Å². The zero-order chi connectivity index (χ0) is 14.8. The molecule has 1 aromatic carbocycles. The molecule has 0 bridgehead atoms. The molecule has 0 atom stereocenters. The maximum atomic E-state index is 12.0. The number of furan rings is 1. The summed E-state index contributed by atoms with van der Waals surface area (Å²) in [5.74, 6) is -0.179. The van der Waals surface area contributed by atoms with Crippen LogP contribution in [0.1, 0.15) is 10.8 Å². The van der Waals surface area contributed by atoms with Crippen molar-refractivity contribution in [1.82, 2.24) is 4.98 Å². The van der Waals surface area contributed by atoms with Crippen LogP contribution in [0.3, 0.4) is 0 Å². The Labute approximate surface area is 123 Å². The Kier molecular flexibility index (Phi) is 3.26. The van der Waals surface area contributed by atoms with Crippen molar-refractivity contribution in [3.05, 3.63) is 63.8 Å². The second-order valence-corrected chi connectivity index (χ2v) is 5.16. The monoisotopic (exact) mass is 296 g/mol. The lowest BCUT2D eigenvalue weighted by Gasteiger charge is -2.02. The molecule has 0 radical (unpaired) electrons. The second kappa shape index (κ2) is 5.23. The molecule has 1 N–H and O–H groups in total. The van der Waals surface area contributed by atoms with Crippen LogP contribution >= 0.6 is 11.3 Å². The standard InChI is InChI=1S/C15H8N2O3S/c16-8-10(13(18)11-5-3-7-20-11)15-17-14(19)9-4-1-2-6-12(9)21-15/h1-7,18H. The van der Waals surface area contributed by atoms with E-state index in [4.69, 9.17) is 4.42 Å². The molecule has 2 heterocycles. The zero-order valence-electron chi connectivity index (χ0n) is 10.6. The minimum absolute atomic E-state index is 0.0854. The first-order chi connectivity index (χ1) is 10.2. The molecule has 0 aliphatic rings. The Hall–Kier alpha value is -2.91. The van der Waals surface area contributed by atoms with Crippen molar-refractivity contribution in [2.24, 2.45) is 0 Å². The average molecular weight is 296 g/mol. The topological polar surface area (TPSA) is 87.1 Å². The summed E-state index contributed by atoms with van der Waals surface area (Å²) in [6.07, 6.45) is 1.39. The highest BCUT2D eigenvalue weighted by atomic mass is 32.1. The van der Waals surface area contributed by atoms with E-state index in [0.29, 0.717) is 10.1 Å². The van der Waals surface area contributed by atoms with Gasteiger partial charge in [0.15, 0.2) is 11.5 Å². The van der Waals surface area contributed by atoms with Crippen molar-refractivity contribution in [2.45, 2.75) is 0 Å². The molecule has 3 aromatic rings. The van der Waals surface area contributed by atoms with E-state index >= 15 is 0 Å². The number of aromatic nitrogens is 1. The van der Waals surface area contributed by atoms with Crippen LogP contribution in [-0.2, 0) is 0 Å². The summed E-state index contributed by atoms with van der Waals surface area (Å²) < 4.78 is 5.76. The predicted octanol–water partition coefficient (Wildman–Crippen LogP) is 3.20. The Bertz CT molecular complexity index is 933. The maximum absolute atomic E-state index is 12.0. The molecule has 0 unspecified atom stereocenters. The normalized spacial score (nSPS) is 12.0. The van der Waals surface area contributed by atoms with Gasteiger partial charge < -0.3 is 9.52 Å². The lowest BCUT2D eigenvalue weighted by atomic mass is 10.2. The van der Waals surface area contributed by atoms with Crippen LogP contribution in [-0.4, -0.2) is 10.1 Å². The second-order valence-electron chi connectivity index (χ2n) is 4.13. The lowest BCUT2D eigenvalue weighted by Crippen LogP contribution is -2.07. The first-order valence-corrected chi connectivity index (χ1v) is 6.80. The fourth-order valence-electron chi connectivity index (χ4n) is 1.86. The molecule has 0 fully saturated rings. The number of allylic oxidation sites excluding steroid dienone is 1. The van der Waals surface area contributed by atoms with E-state index in [1.165, 1.54) is 23.7 Å². The molecule has 21 heavy (non-hydrogen) atoms. The number of rotatable bonds is 2. The fraction of sp³-hybridized carbons (Fsp3) is 0. The molecule has 6 heteroatoms. The van der Waals surface area contributed by atoms with Crippen molar-refractivity contribution >= 4 is 32.8 Å². The zero-order valence-corrected chi connectivity index (χ0v) is 11.4. The molecular weight excluding hydrogens is 288 g/mol.